The van der Waals surface area contributed by atoms with Crippen LogP contribution in [0.25, 0.3) is 0 Å². The van der Waals surface area contributed by atoms with E-state index in [1.807, 2.05) is 19.0 Å². The molecular weight excluding hydrogens is 550 g/mol. The summed E-state index contributed by atoms with van der Waals surface area (Å²) in [6.45, 7) is 5.26. The number of amides is 1. The molecule has 0 aromatic heterocycles. The third kappa shape index (κ3) is 36.4. The third-order valence-corrected chi connectivity index (χ3v) is 8.21. The van der Waals surface area contributed by atoms with Gasteiger partial charge in [0.2, 0.25) is 5.91 Å². The Balaban J connectivity index is 4.07. The highest BCUT2D eigenvalue weighted by Crippen LogP contribution is 2.14. The summed E-state index contributed by atoms with van der Waals surface area (Å²) in [7, 11) is 4.00. The summed E-state index contributed by atoms with van der Waals surface area (Å²) in [5, 5.41) is 4.59. The van der Waals surface area contributed by atoms with Gasteiger partial charge in [-0.2, -0.15) is 5.10 Å². The molecule has 0 rings (SSSR count). The fraction of sp³-hybridized carbons (Fsp3) is 0.756. The van der Waals surface area contributed by atoms with E-state index in [0.29, 0.717) is 6.42 Å². The Morgan fingerprint density at radius 1 is 0.511 bits per heavy atom. The Morgan fingerprint density at radius 3 is 1.36 bits per heavy atom. The van der Waals surface area contributed by atoms with Crippen molar-refractivity contribution in [3.8, 4) is 0 Å². The largest absolute Gasteiger partial charge is 0.309 e. The maximum absolute atomic E-state index is 12.2. The van der Waals surface area contributed by atoms with E-state index in [1.54, 1.807) is 0 Å². The van der Waals surface area contributed by atoms with Crippen molar-refractivity contribution in [1.82, 2.24) is 10.3 Å². The van der Waals surface area contributed by atoms with Crippen molar-refractivity contribution in [1.29, 1.82) is 0 Å². The molecule has 4 nitrogen and oxygen atoms in total. The van der Waals surface area contributed by atoms with E-state index in [4.69, 9.17) is 0 Å². The topological polar surface area (TPSA) is 44.7 Å². The molecule has 0 aromatic rings. The SMILES string of the molecule is CCCC/C=C\C/C=C\CCCCCCCC/C(CCCCCCCC/C=C\C/C=C\CCCCC)=N/NC(=O)CCN(C)C. The van der Waals surface area contributed by atoms with E-state index in [9.17, 15) is 4.79 Å². The maximum atomic E-state index is 12.2. The minimum atomic E-state index is 0.0276. The fourth-order valence-corrected chi connectivity index (χ4v) is 5.20. The zero-order chi connectivity index (χ0) is 32.9. The van der Waals surface area contributed by atoms with Crippen LogP contribution in [0.15, 0.2) is 53.7 Å². The van der Waals surface area contributed by atoms with Crippen molar-refractivity contribution < 1.29 is 4.79 Å². The third-order valence-electron chi connectivity index (χ3n) is 8.21. The van der Waals surface area contributed by atoms with Crippen LogP contribution in [0.5, 0.6) is 0 Å². The maximum Gasteiger partial charge on any atom is 0.241 e. The second-order valence-corrected chi connectivity index (χ2v) is 13.1. The molecule has 4 heteroatoms. The number of nitrogens with zero attached hydrogens (tertiary/aromatic N) is 2. The first kappa shape index (κ1) is 43.1. The number of carbonyl (C=O) groups is 1. The van der Waals surface area contributed by atoms with Gasteiger partial charge in [-0.25, -0.2) is 5.43 Å². The molecule has 0 fully saturated rings. The molecule has 0 radical (unpaired) electrons. The van der Waals surface area contributed by atoms with Crippen LogP contribution in [0.1, 0.15) is 181 Å². The first-order valence-corrected chi connectivity index (χ1v) is 19.2. The number of hydrazone groups is 1. The van der Waals surface area contributed by atoms with Gasteiger partial charge in [-0.1, -0.05) is 140 Å². The number of allylic oxidation sites excluding steroid dienone is 8. The van der Waals surface area contributed by atoms with Gasteiger partial charge in [-0.05, 0) is 97.6 Å². The lowest BCUT2D eigenvalue weighted by atomic mass is 10.0. The van der Waals surface area contributed by atoms with E-state index in [0.717, 1.165) is 32.2 Å². The second-order valence-electron chi connectivity index (χ2n) is 13.1. The molecule has 0 atom stereocenters. The predicted octanol–water partition coefficient (Wildman–Crippen LogP) is 12.4. The van der Waals surface area contributed by atoms with Gasteiger partial charge in [0, 0.05) is 18.7 Å². The molecule has 0 aliphatic heterocycles. The lowest BCUT2D eigenvalue weighted by Crippen LogP contribution is -2.24. The van der Waals surface area contributed by atoms with E-state index in [2.05, 4.69) is 73.0 Å². The summed E-state index contributed by atoms with van der Waals surface area (Å²) in [4.78, 5) is 14.3. The highest BCUT2D eigenvalue weighted by Gasteiger charge is 2.05. The highest BCUT2D eigenvalue weighted by molar-refractivity contribution is 5.86. The lowest BCUT2D eigenvalue weighted by molar-refractivity contribution is -0.121. The lowest BCUT2D eigenvalue weighted by Gasteiger charge is -2.10. The summed E-state index contributed by atoms with van der Waals surface area (Å²) in [5.74, 6) is 0.0276. The average Bonchev–Trinajstić information content (AvgIpc) is 3.03. The molecule has 260 valence electrons. The van der Waals surface area contributed by atoms with Gasteiger partial charge in [0.25, 0.3) is 0 Å². The quantitative estimate of drug-likeness (QED) is 0.0341. The number of rotatable bonds is 33. The highest BCUT2D eigenvalue weighted by atomic mass is 16.2. The number of hydrogen-bond acceptors (Lipinski definition) is 3. The van der Waals surface area contributed by atoms with Crippen LogP contribution >= 0.6 is 0 Å². The van der Waals surface area contributed by atoms with Crippen LogP contribution in [-0.4, -0.2) is 37.2 Å². The fourth-order valence-electron chi connectivity index (χ4n) is 5.20. The molecule has 1 N–H and O–H groups in total. The molecule has 0 aliphatic rings. The van der Waals surface area contributed by atoms with Gasteiger partial charge >= 0.3 is 0 Å². The van der Waals surface area contributed by atoms with E-state index >= 15 is 0 Å². The molecular formula is C41H75N3O. The normalized spacial score (nSPS) is 12.7. The number of carbonyl (C=O) groups excluding carboxylic acids is 1. The molecule has 0 spiro atoms. The molecule has 45 heavy (non-hydrogen) atoms. The van der Waals surface area contributed by atoms with Crippen LogP contribution in [0.4, 0.5) is 0 Å². The summed E-state index contributed by atoms with van der Waals surface area (Å²) < 4.78 is 0. The number of unbranched alkanes of at least 4 members (excludes halogenated alkanes) is 17. The molecule has 1 amide bonds. The van der Waals surface area contributed by atoms with Crippen molar-refractivity contribution in [2.24, 2.45) is 5.10 Å². The zero-order valence-electron chi connectivity index (χ0n) is 30.5. The molecule has 0 aliphatic carbocycles. The second kappa shape index (κ2) is 36.5. The van der Waals surface area contributed by atoms with Crippen LogP contribution < -0.4 is 5.43 Å². The van der Waals surface area contributed by atoms with Crippen molar-refractivity contribution in [2.45, 2.75) is 181 Å². The molecule has 0 bridgehead atoms. The minimum absolute atomic E-state index is 0.0276. The smallest absolute Gasteiger partial charge is 0.241 e. The summed E-state index contributed by atoms with van der Waals surface area (Å²) in [5.41, 5.74) is 4.03. The molecule has 0 unspecified atom stereocenters. The van der Waals surface area contributed by atoms with Crippen LogP contribution in [0, 0.1) is 0 Å². The van der Waals surface area contributed by atoms with Gasteiger partial charge in [0.05, 0.1) is 0 Å². The molecule has 0 saturated heterocycles. The van der Waals surface area contributed by atoms with Crippen LogP contribution in [-0.2, 0) is 4.79 Å². The van der Waals surface area contributed by atoms with Crippen molar-refractivity contribution >= 4 is 11.6 Å². The predicted molar refractivity (Wildman–Crippen MR) is 202 cm³/mol. The molecule has 0 saturated carbocycles. The monoisotopic (exact) mass is 626 g/mol. The van der Waals surface area contributed by atoms with Gasteiger partial charge < -0.3 is 4.90 Å². The Kier molecular flexibility index (Phi) is 35.0. The van der Waals surface area contributed by atoms with E-state index < -0.39 is 0 Å². The van der Waals surface area contributed by atoms with E-state index in [1.165, 1.54) is 141 Å². The van der Waals surface area contributed by atoms with Crippen molar-refractivity contribution in [2.75, 3.05) is 20.6 Å². The van der Waals surface area contributed by atoms with Crippen LogP contribution in [0.3, 0.4) is 0 Å². The number of hydrogen-bond donors (Lipinski definition) is 1. The Labute approximate surface area is 281 Å². The standard InChI is InChI=1S/C41H75N3O/c1-5-7-9-11-13-15-17-19-21-23-25-27-29-31-33-35-37-40(42-43-41(45)38-39-44(3)4)36-34-32-30-28-26-24-22-20-18-16-14-12-10-8-6-2/h12-15,18-21H,5-11,16-17,22-39H2,1-4H3,(H,43,45)/b14-12-,15-13-,20-18-,21-19-,42-40-. The first-order chi connectivity index (χ1) is 22.1. The summed E-state index contributed by atoms with van der Waals surface area (Å²) in [6.07, 6.45) is 50.2. The molecule has 0 aromatic carbocycles. The number of nitrogens with one attached hydrogen (secondary N) is 1. The Morgan fingerprint density at radius 2 is 0.911 bits per heavy atom. The first-order valence-electron chi connectivity index (χ1n) is 19.2. The minimum Gasteiger partial charge on any atom is -0.309 e. The average molecular weight is 626 g/mol. The van der Waals surface area contributed by atoms with Gasteiger partial charge in [0.1, 0.15) is 0 Å². The Bertz CT molecular complexity index is 778. The summed E-state index contributed by atoms with van der Waals surface area (Å²) in [6, 6.07) is 0. The van der Waals surface area contributed by atoms with Gasteiger partial charge in [-0.3, -0.25) is 4.79 Å². The van der Waals surface area contributed by atoms with E-state index in [-0.39, 0.29) is 5.91 Å². The Hall–Kier alpha value is -1.94. The zero-order valence-corrected chi connectivity index (χ0v) is 30.5. The van der Waals surface area contributed by atoms with Crippen LogP contribution in [0.2, 0.25) is 0 Å². The van der Waals surface area contributed by atoms with Crippen molar-refractivity contribution in [3.63, 3.8) is 0 Å². The summed E-state index contributed by atoms with van der Waals surface area (Å²) >= 11 is 0. The van der Waals surface area contributed by atoms with Gasteiger partial charge in [0.15, 0.2) is 0 Å². The van der Waals surface area contributed by atoms with Crippen molar-refractivity contribution in [3.05, 3.63) is 48.6 Å². The molecule has 0 heterocycles. The van der Waals surface area contributed by atoms with Gasteiger partial charge in [-0.15, -0.1) is 0 Å².